The van der Waals surface area contributed by atoms with Crippen molar-refractivity contribution in [2.75, 3.05) is 46.4 Å². The number of hydrogen-bond donors (Lipinski definition) is 1. The van der Waals surface area contributed by atoms with Crippen molar-refractivity contribution in [1.82, 2.24) is 15.3 Å². The third kappa shape index (κ3) is 2.46. The number of nitrogens with one attached hydrogen (secondary N) is 1. The van der Waals surface area contributed by atoms with Crippen LogP contribution in [0.15, 0.2) is 23.4 Å². The van der Waals surface area contributed by atoms with Gasteiger partial charge in [-0.25, -0.2) is 5.43 Å². The summed E-state index contributed by atoms with van der Waals surface area (Å²) in [7, 11) is 2.11. The molecule has 0 aromatic carbocycles. The SMILES string of the molecule is CN1NCC2=C1C=CCC2CCN1CCOCC1. The molecule has 0 bridgehead atoms. The van der Waals surface area contributed by atoms with Crippen molar-refractivity contribution in [2.45, 2.75) is 12.8 Å². The molecule has 0 spiro atoms. The first-order valence-corrected chi connectivity index (χ1v) is 7.01. The highest BCUT2D eigenvalue weighted by Crippen LogP contribution is 2.31. The van der Waals surface area contributed by atoms with Gasteiger partial charge in [-0.15, -0.1) is 0 Å². The van der Waals surface area contributed by atoms with Gasteiger partial charge in [0.1, 0.15) is 0 Å². The van der Waals surface area contributed by atoms with Gasteiger partial charge in [-0.05, 0) is 37.0 Å². The van der Waals surface area contributed by atoms with Gasteiger partial charge in [0, 0.05) is 26.7 Å². The van der Waals surface area contributed by atoms with Gasteiger partial charge in [0.25, 0.3) is 0 Å². The molecule has 0 aromatic heterocycles. The minimum absolute atomic E-state index is 0.727. The van der Waals surface area contributed by atoms with Crippen LogP contribution in [-0.2, 0) is 4.74 Å². The summed E-state index contributed by atoms with van der Waals surface area (Å²) in [4.78, 5) is 2.54. The zero-order chi connectivity index (χ0) is 12.4. The number of likely N-dealkylation sites (N-methyl/N-ethyl adjacent to an activating group) is 1. The molecule has 1 N–H and O–H groups in total. The predicted molar refractivity (Wildman–Crippen MR) is 71.9 cm³/mol. The molecule has 2 heterocycles. The van der Waals surface area contributed by atoms with E-state index in [4.69, 9.17) is 4.74 Å². The van der Waals surface area contributed by atoms with E-state index < -0.39 is 0 Å². The lowest BCUT2D eigenvalue weighted by molar-refractivity contribution is 0.0360. The molecule has 100 valence electrons. The quantitative estimate of drug-likeness (QED) is 0.807. The fraction of sp³-hybridized carbons (Fsp3) is 0.714. The fourth-order valence-electron chi connectivity index (χ4n) is 3.11. The number of allylic oxidation sites excluding steroid dienone is 2. The first-order valence-electron chi connectivity index (χ1n) is 7.01. The molecule has 1 fully saturated rings. The molecule has 0 radical (unpaired) electrons. The summed E-state index contributed by atoms with van der Waals surface area (Å²) in [5, 5.41) is 2.16. The topological polar surface area (TPSA) is 27.7 Å². The summed E-state index contributed by atoms with van der Waals surface area (Å²) in [6.45, 7) is 6.26. The lowest BCUT2D eigenvalue weighted by Crippen LogP contribution is -2.37. The monoisotopic (exact) mass is 249 g/mol. The third-order valence-corrected chi connectivity index (χ3v) is 4.28. The molecule has 3 rings (SSSR count). The zero-order valence-corrected chi connectivity index (χ0v) is 11.2. The molecule has 4 heteroatoms. The van der Waals surface area contributed by atoms with Crippen LogP contribution in [0.3, 0.4) is 0 Å². The predicted octanol–water partition coefficient (Wildman–Crippen LogP) is 0.989. The van der Waals surface area contributed by atoms with E-state index in [1.54, 1.807) is 5.57 Å². The van der Waals surface area contributed by atoms with Gasteiger partial charge in [-0.1, -0.05) is 6.08 Å². The number of rotatable bonds is 3. The van der Waals surface area contributed by atoms with E-state index in [2.05, 4.69) is 34.5 Å². The van der Waals surface area contributed by atoms with Crippen molar-refractivity contribution in [1.29, 1.82) is 0 Å². The van der Waals surface area contributed by atoms with Crippen molar-refractivity contribution in [3.8, 4) is 0 Å². The second-order valence-corrected chi connectivity index (χ2v) is 5.38. The Hall–Kier alpha value is -0.840. The highest BCUT2D eigenvalue weighted by Gasteiger charge is 2.26. The number of nitrogens with zero attached hydrogens (tertiary/aromatic N) is 2. The Labute approximate surface area is 109 Å². The van der Waals surface area contributed by atoms with Crippen molar-refractivity contribution in [3.05, 3.63) is 23.4 Å². The number of morpholine rings is 1. The Morgan fingerprint density at radius 2 is 2.22 bits per heavy atom. The Bertz CT molecular complexity index is 358. The molecular weight excluding hydrogens is 226 g/mol. The molecule has 18 heavy (non-hydrogen) atoms. The molecular formula is C14H23N3O. The van der Waals surface area contributed by atoms with Crippen molar-refractivity contribution in [3.63, 3.8) is 0 Å². The standard InChI is InChI=1S/C14H23N3O/c1-16-14-4-2-3-12(13(14)11-15-16)5-6-17-7-9-18-10-8-17/h2,4,12,15H,3,5-11H2,1H3. The fourth-order valence-corrected chi connectivity index (χ4v) is 3.11. The van der Waals surface area contributed by atoms with Gasteiger partial charge in [-0.3, -0.25) is 4.90 Å². The van der Waals surface area contributed by atoms with E-state index in [1.165, 1.54) is 25.1 Å². The van der Waals surface area contributed by atoms with E-state index in [0.29, 0.717) is 0 Å². The van der Waals surface area contributed by atoms with E-state index >= 15 is 0 Å². The van der Waals surface area contributed by atoms with E-state index in [0.717, 1.165) is 38.8 Å². The molecule has 4 nitrogen and oxygen atoms in total. The maximum absolute atomic E-state index is 5.40. The minimum atomic E-state index is 0.727. The summed E-state index contributed by atoms with van der Waals surface area (Å²) < 4.78 is 5.40. The summed E-state index contributed by atoms with van der Waals surface area (Å²) in [6, 6.07) is 0. The van der Waals surface area contributed by atoms with Crippen LogP contribution in [0.4, 0.5) is 0 Å². The lowest BCUT2D eigenvalue weighted by Gasteiger charge is -2.29. The molecule has 0 aromatic rings. The van der Waals surface area contributed by atoms with Crippen molar-refractivity contribution in [2.24, 2.45) is 5.92 Å². The van der Waals surface area contributed by atoms with Crippen LogP contribution in [0.5, 0.6) is 0 Å². The second-order valence-electron chi connectivity index (χ2n) is 5.38. The Morgan fingerprint density at radius 3 is 3.06 bits per heavy atom. The second kappa shape index (κ2) is 5.43. The van der Waals surface area contributed by atoms with Crippen LogP contribution in [0.25, 0.3) is 0 Å². The van der Waals surface area contributed by atoms with Gasteiger partial charge in [0.15, 0.2) is 0 Å². The first kappa shape index (κ1) is 12.2. The van der Waals surface area contributed by atoms with Gasteiger partial charge in [-0.2, -0.15) is 0 Å². The Balaban J connectivity index is 1.56. The normalized spacial score (nSPS) is 28.9. The summed E-state index contributed by atoms with van der Waals surface area (Å²) in [5.41, 5.74) is 6.41. The minimum Gasteiger partial charge on any atom is -0.379 e. The van der Waals surface area contributed by atoms with Crippen LogP contribution in [0.1, 0.15) is 12.8 Å². The molecule has 1 aliphatic carbocycles. The maximum Gasteiger partial charge on any atom is 0.0594 e. The van der Waals surface area contributed by atoms with E-state index in [9.17, 15) is 0 Å². The molecule has 3 aliphatic rings. The molecule has 1 unspecified atom stereocenters. The van der Waals surface area contributed by atoms with Crippen LogP contribution < -0.4 is 5.43 Å². The summed E-state index contributed by atoms with van der Waals surface area (Å²) >= 11 is 0. The number of hydrogen-bond acceptors (Lipinski definition) is 4. The zero-order valence-electron chi connectivity index (χ0n) is 11.2. The maximum atomic E-state index is 5.40. The smallest absolute Gasteiger partial charge is 0.0594 e. The molecule has 0 amide bonds. The average molecular weight is 249 g/mol. The molecule has 2 aliphatic heterocycles. The molecule has 1 saturated heterocycles. The van der Waals surface area contributed by atoms with E-state index in [1.807, 2.05) is 0 Å². The Kier molecular flexibility index (Phi) is 3.68. The highest BCUT2D eigenvalue weighted by molar-refractivity contribution is 5.33. The van der Waals surface area contributed by atoms with E-state index in [-0.39, 0.29) is 0 Å². The lowest BCUT2D eigenvalue weighted by atomic mass is 9.87. The van der Waals surface area contributed by atoms with Crippen LogP contribution in [0, 0.1) is 5.92 Å². The van der Waals surface area contributed by atoms with Gasteiger partial charge in [0.05, 0.1) is 18.9 Å². The summed E-state index contributed by atoms with van der Waals surface area (Å²) in [6.07, 6.45) is 7.07. The van der Waals surface area contributed by atoms with Gasteiger partial charge < -0.3 is 9.75 Å². The van der Waals surface area contributed by atoms with Gasteiger partial charge >= 0.3 is 0 Å². The average Bonchev–Trinajstić information content (AvgIpc) is 2.80. The molecule has 0 saturated carbocycles. The Morgan fingerprint density at radius 1 is 1.39 bits per heavy atom. The van der Waals surface area contributed by atoms with Crippen LogP contribution >= 0.6 is 0 Å². The first-order chi connectivity index (χ1) is 8.84. The largest absolute Gasteiger partial charge is 0.379 e. The number of ether oxygens (including phenoxy) is 1. The third-order valence-electron chi connectivity index (χ3n) is 4.28. The number of hydrazine groups is 1. The summed E-state index contributed by atoms with van der Waals surface area (Å²) in [5.74, 6) is 0.727. The van der Waals surface area contributed by atoms with Crippen LogP contribution in [-0.4, -0.2) is 56.3 Å². The van der Waals surface area contributed by atoms with Crippen LogP contribution in [0.2, 0.25) is 0 Å². The van der Waals surface area contributed by atoms with Crippen molar-refractivity contribution >= 4 is 0 Å². The van der Waals surface area contributed by atoms with Crippen molar-refractivity contribution < 1.29 is 4.74 Å². The molecule has 1 atom stereocenters. The highest BCUT2D eigenvalue weighted by atomic mass is 16.5. The van der Waals surface area contributed by atoms with Gasteiger partial charge in [0.2, 0.25) is 0 Å².